The smallest absolute Gasteiger partial charge is 0.327 e. The zero-order valence-corrected chi connectivity index (χ0v) is 19.9. The van der Waals surface area contributed by atoms with Gasteiger partial charge in [0.25, 0.3) is 5.91 Å². The van der Waals surface area contributed by atoms with Crippen molar-refractivity contribution in [2.45, 2.75) is 57.9 Å². The molecule has 176 valence electrons. The Hall–Kier alpha value is -2.94. The average Bonchev–Trinajstić information content (AvgIpc) is 3.23. The highest BCUT2D eigenvalue weighted by atomic mass is 32.1. The second kappa shape index (κ2) is 8.78. The zero-order valence-electron chi connectivity index (χ0n) is 19.1. The second-order valence-corrected chi connectivity index (χ2v) is 10.5. The Morgan fingerprint density at radius 1 is 1.24 bits per heavy atom. The molecule has 0 radical (unpaired) electrons. The summed E-state index contributed by atoms with van der Waals surface area (Å²) in [6.07, 6.45) is 4.64. The fraction of sp³-hybridized carbons (Fsp3) is 0.500. The largest absolute Gasteiger partial charge is 0.481 e. The molecule has 3 amide bonds. The summed E-state index contributed by atoms with van der Waals surface area (Å²) < 4.78 is 1.12. The molecule has 1 aliphatic heterocycles. The van der Waals surface area contributed by atoms with Gasteiger partial charge in [0.15, 0.2) is 0 Å². The van der Waals surface area contributed by atoms with E-state index in [4.69, 9.17) is 0 Å². The lowest BCUT2D eigenvalue weighted by molar-refractivity contribution is -0.142. The predicted octanol–water partition coefficient (Wildman–Crippen LogP) is 4.11. The van der Waals surface area contributed by atoms with Gasteiger partial charge in [0, 0.05) is 35.2 Å². The molecule has 1 aliphatic carbocycles. The summed E-state index contributed by atoms with van der Waals surface area (Å²) in [5.74, 6) is -2.31. The minimum absolute atomic E-state index is 0.00210. The van der Waals surface area contributed by atoms with Crippen LogP contribution in [-0.2, 0) is 22.4 Å². The summed E-state index contributed by atoms with van der Waals surface area (Å²) in [5.41, 5.74) is 1.42. The maximum atomic E-state index is 12.6. The number of hydrogen-bond donors (Lipinski definition) is 2. The lowest BCUT2D eigenvalue weighted by Crippen LogP contribution is -2.41. The van der Waals surface area contributed by atoms with Gasteiger partial charge in [0.1, 0.15) is 5.54 Å². The number of urea groups is 1. The number of likely N-dealkylation sites (N-methyl/N-ethyl adjacent to an activating group) is 1. The Morgan fingerprint density at radius 3 is 2.61 bits per heavy atom. The molecule has 2 aliphatic rings. The van der Waals surface area contributed by atoms with Crippen molar-refractivity contribution in [1.29, 1.82) is 0 Å². The number of aliphatic carboxylic acids is 1. The normalized spacial score (nSPS) is 19.3. The third-order valence-electron chi connectivity index (χ3n) is 7.03. The molecule has 4 rings (SSSR count). The van der Waals surface area contributed by atoms with Gasteiger partial charge in [-0.2, -0.15) is 0 Å². The molecule has 0 spiro atoms. The number of aryl methyl sites for hydroxylation is 2. The Bertz CT molecular complexity index is 1150. The van der Waals surface area contributed by atoms with Crippen molar-refractivity contribution in [2.24, 2.45) is 11.1 Å². The first kappa shape index (κ1) is 23.2. The lowest BCUT2D eigenvalue weighted by atomic mass is 9.93. The lowest BCUT2D eigenvalue weighted by Gasteiger charge is -2.22. The molecule has 0 saturated carbocycles. The maximum absolute atomic E-state index is 12.6. The Balaban J connectivity index is 1.50. The highest BCUT2D eigenvalue weighted by Gasteiger charge is 2.49. The number of carboxylic acids is 1. The average molecular weight is 472 g/mol. The Morgan fingerprint density at radius 2 is 1.97 bits per heavy atom. The van der Waals surface area contributed by atoms with E-state index in [1.807, 2.05) is 18.2 Å². The molecule has 1 aromatic heterocycles. The van der Waals surface area contributed by atoms with Crippen molar-refractivity contribution in [3.8, 4) is 0 Å². The van der Waals surface area contributed by atoms with Crippen molar-refractivity contribution in [3.63, 3.8) is 0 Å². The molecule has 1 aromatic carbocycles. The maximum Gasteiger partial charge on any atom is 0.327 e. The first-order chi connectivity index (χ1) is 15.6. The summed E-state index contributed by atoms with van der Waals surface area (Å²) in [5, 5.41) is 24.1. The van der Waals surface area contributed by atoms with Gasteiger partial charge >= 0.3 is 12.0 Å². The van der Waals surface area contributed by atoms with Gasteiger partial charge in [-0.15, -0.1) is 11.3 Å². The van der Waals surface area contributed by atoms with Gasteiger partial charge < -0.3 is 15.2 Å². The van der Waals surface area contributed by atoms with Crippen LogP contribution < -0.4 is 0 Å². The molecule has 2 heterocycles. The second-order valence-electron chi connectivity index (χ2n) is 9.35. The van der Waals surface area contributed by atoms with Crippen LogP contribution in [-0.4, -0.2) is 62.9 Å². The van der Waals surface area contributed by atoms with Gasteiger partial charge in [-0.25, -0.2) is 4.79 Å². The number of rotatable bonds is 7. The SMILES string of the molecule is CN1C(=O)N(CC[C@H](CC(=NO)c2ccc3c4c(sc3c2)CCCC4)C(=O)O)C(=O)C1(C)C. The molecular formula is C24H29N3O5S. The van der Waals surface area contributed by atoms with Gasteiger partial charge in [0.05, 0.1) is 11.6 Å². The molecule has 1 fully saturated rings. The fourth-order valence-electron chi connectivity index (χ4n) is 4.67. The third-order valence-corrected chi connectivity index (χ3v) is 8.28. The first-order valence-corrected chi connectivity index (χ1v) is 12.0. The van der Waals surface area contributed by atoms with Crippen molar-refractivity contribution in [2.75, 3.05) is 13.6 Å². The van der Waals surface area contributed by atoms with Crippen LogP contribution in [0.3, 0.4) is 0 Å². The fourth-order valence-corrected chi connectivity index (χ4v) is 6.00. The van der Waals surface area contributed by atoms with Crippen molar-refractivity contribution < 1.29 is 24.7 Å². The van der Waals surface area contributed by atoms with Crippen LogP contribution in [0.15, 0.2) is 23.4 Å². The number of nitrogens with zero attached hydrogens (tertiary/aromatic N) is 3. The summed E-state index contributed by atoms with van der Waals surface area (Å²) in [6.45, 7) is 3.33. The first-order valence-electron chi connectivity index (χ1n) is 11.2. The Labute approximate surface area is 196 Å². The highest BCUT2D eigenvalue weighted by molar-refractivity contribution is 7.19. The summed E-state index contributed by atoms with van der Waals surface area (Å²) in [6, 6.07) is 5.45. The van der Waals surface area contributed by atoms with Crippen LogP contribution in [0.4, 0.5) is 4.79 Å². The number of carbonyl (C=O) groups excluding carboxylic acids is 2. The number of hydrogen-bond acceptors (Lipinski definition) is 6. The van der Waals surface area contributed by atoms with Crippen LogP contribution in [0.25, 0.3) is 10.1 Å². The van der Waals surface area contributed by atoms with Crippen molar-refractivity contribution in [3.05, 3.63) is 34.2 Å². The van der Waals surface area contributed by atoms with Crippen LogP contribution >= 0.6 is 11.3 Å². The van der Waals surface area contributed by atoms with Crippen molar-refractivity contribution >= 4 is 45.0 Å². The number of imide groups is 1. The summed E-state index contributed by atoms with van der Waals surface area (Å²) in [7, 11) is 1.56. The molecule has 9 heteroatoms. The van der Waals surface area contributed by atoms with Crippen LogP contribution in [0.2, 0.25) is 0 Å². The van der Waals surface area contributed by atoms with E-state index < -0.39 is 23.5 Å². The number of carboxylic acid groups (broad SMARTS) is 1. The predicted molar refractivity (Wildman–Crippen MR) is 126 cm³/mol. The molecule has 0 bridgehead atoms. The topological polar surface area (TPSA) is 111 Å². The van der Waals surface area contributed by atoms with E-state index in [0.717, 1.165) is 22.4 Å². The molecule has 2 N–H and O–H groups in total. The van der Waals surface area contributed by atoms with Crippen LogP contribution in [0.5, 0.6) is 0 Å². The summed E-state index contributed by atoms with van der Waals surface area (Å²) >= 11 is 1.76. The molecule has 2 aromatic rings. The number of carbonyl (C=O) groups is 3. The minimum Gasteiger partial charge on any atom is -0.481 e. The van der Waals surface area contributed by atoms with E-state index in [1.165, 1.54) is 33.6 Å². The number of benzene rings is 1. The van der Waals surface area contributed by atoms with E-state index in [1.54, 1.807) is 32.2 Å². The molecule has 33 heavy (non-hydrogen) atoms. The van der Waals surface area contributed by atoms with Gasteiger partial charge in [0.2, 0.25) is 0 Å². The highest BCUT2D eigenvalue weighted by Crippen LogP contribution is 2.37. The number of oxime groups is 1. The molecular weight excluding hydrogens is 442 g/mol. The van der Waals surface area contributed by atoms with E-state index in [9.17, 15) is 24.7 Å². The molecule has 0 unspecified atom stereocenters. The molecule has 1 atom stereocenters. The van der Waals surface area contributed by atoms with E-state index in [2.05, 4.69) is 5.16 Å². The van der Waals surface area contributed by atoms with E-state index in [0.29, 0.717) is 5.56 Å². The standard InChI is InChI=1S/C24H29N3O5S/c1-24(2)22(30)27(23(31)26(24)3)11-10-15(21(28)29)12-18(25-32)14-8-9-17-16-6-4-5-7-19(16)33-20(17)13-14/h8-9,13,15,32H,4-7,10-12H2,1-3H3,(H,28,29)/t15-/m1/s1. The quantitative estimate of drug-likeness (QED) is 0.273. The van der Waals surface area contributed by atoms with Crippen LogP contribution in [0, 0.1) is 5.92 Å². The minimum atomic E-state index is -1.06. The summed E-state index contributed by atoms with van der Waals surface area (Å²) in [4.78, 5) is 40.9. The third kappa shape index (κ3) is 4.10. The zero-order chi connectivity index (χ0) is 23.9. The monoisotopic (exact) mass is 471 g/mol. The number of fused-ring (bicyclic) bond motifs is 3. The molecule has 8 nitrogen and oxygen atoms in total. The number of thiophene rings is 1. The molecule has 1 saturated heterocycles. The van der Waals surface area contributed by atoms with Crippen LogP contribution in [0.1, 0.15) is 55.5 Å². The van der Waals surface area contributed by atoms with Gasteiger partial charge in [-0.3, -0.25) is 14.5 Å². The van der Waals surface area contributed by atoms with Crippen molar-refractivity contribution in [1.82, 2.24) is 9.80 Å². The number of amides is 3. The van der Waals surface area contributed by atoms with E-state index >= 15 is 0 Å². The Kier molecular flexibility index (Phi) is 6.18. The van der Waals surface area contributed by atoms with E-state index in [-0.39, 0.29) is 31.0 Å². The van der Waals surface area contributed by atoms with Gasteiger partial charge in [-0.05, 0) is 63.0 Å². The van der Waals surface area contributed by atoms with Gasteiger partial charge in [-0.1, -0.05) is 17.3 Å².